The summed E-state index contributed by atoms with van der Waals surface area (Å²) in [4.78, 5) is 58.7. The quantitative estimate of drug-likeness (QED) is 0.183. The van der Waals surface area contributed by atoms with Gasteiger partial charge in [-0.3, -0.25) is 24.0 Å². The first-order chi connectivity index (χ1) is 13.3. The summed E-state index contributed by atoms with van der Waals surface area (Å²) in [5, 5.41) is 34.1. The van der Waals surface area contributed by atoms with Crippen molar-refractivity contribution in [2.45, 2.75) is 70.8 Å². The maximum atomic E-state index is 12.6. The van der Waals surface area contributed by atoms with Crippen molar-refractivity contribution in [3.8, 4) is 0 Å². The molecule has 0 aliphatic rings. The molecule has 3 amide bonds. The highest BCUT2D eigenvalue weighted by Gasteiger charge is 2.31. The average Bonchev–Trinajstić information content (AvgIpc) is 2.60. The number of hydrogen-bond donors (Lipinski definition) is 7. The number of carbonyl (C=O) groups is 5. The Kier molecular flexibility index (Phi) is 10.8. The summed E-state index contributed by atoms with van der Waals surface area (Å²) in [5.74, 6) is -5.34. The van der Waals surface area contributed by atoms with E-state index in [2.05, 4.69) is 16.0 Å². The largest absolute Gasteiger partial charge is 0.481 e. The minimum absolute atomic E-state index is 0.280. The smallest absolute Gasteiger partial charge is 0.325 e. The Morgan fingerprint density at radius 3 is 1.83 bits per heavy atom. The van der Waals surface area contributed by atoms with Gasteiger partial charge in [-0.05, 0) is 26.2 Å². The molecule has 5 unspecified atom stereocenters. The van der Waals surface area contributed by atoms with Crippen molar-refractivity contribution in [2.75, 3.05) is 0 Å². The second-order valence-corrected chi connectivity index (χ2v) is 7.06. The van der Waals surface area contributed by atoms with Crippen molar-refractivity contribution in [3.05, 3.63) is 0 Å². The first-order valence-corrected chi connectivity index (χ1v) is 9.07. The number of aliphatic hydroxyl groups excluding tert-OH is 1. The summed E-state index contributed by atoms with van der Waals surface area (Å²) >= 11 is 0. The zero-order valence-electron chi connectivity index (χ0n) is 16.8. The molecule has 0 spiro atoms. The van der Waals surface area contributed by atoms with Gasteiger partial charge in [0.25, 0.3) is 0 Å². The number of carbonyl (C=O) groups excluding carboxylic acids is 3. The van der Waals surface area contributed by atoms with Gasteiger partial charge in [-0.15, -0.1) is 0 Å². The third-order valence-electron chi connectivity index (χ3n) is 4.08. The number of amides is 3. The molecule has 0 aromatic heterocycles. The molecular formula is C17H30N4O8. The van der Waals surface area contributed by atoms with E-state index in [1.807, 2.05) is 0 Å². The van der Waals surface area contributed by atoms with Gasteiger partial charge < -0.3 is 37.0 Å². The molecule has 29 heavy (non-hydrogen) atoms. The fourth-order valence-corrected chi connectivity index (χ4v) is 2.18. The second kappa shape index (κ2) is 12.0. The molecule has 0 radical (unpaired) electrons. The minimum Gasteiger partial charge on any atom is -0.481 e. The number of nitrogens with two attached hydrogens (primary N) is 1. The van der Waals surface area contributed by atoms with Gasteiger partial charge >= 0.3 is 11.9 Å². The van der Waals surface area contributed by atoms with Gasteiger partial charge in [-0.1, -0.05) is 13.8 Å². The Labute approximate surface area is 168 Å². The Morgan fingerprint density at radius 2 is 1.41 bits per heavy atom. The van der Waals surface area contributed by atoms with Crippen LogP contribution in [0.1, 0.15) is 40.5 Å². The molecule has 0 rings (SSSR count). The monoisotopic (exact) mass is 418 g/mol. The summed E-state index contributed by atoms with van der Waals surface area (Å²) in [6.45, 7) is 5.76. The SMILES string of the molecule is CC(NC(=O)C(NC(=O)C(CCC(=O)O)NC(=O)C(N)C(C)O)C(C)C)C(=O)O. The van der Waals surface area contributed by atoms with E-state index in [9.17, 15) is 29.1 Å². The molecule has 12 nitrogen and oxygen atoms in total. The van der Waals surface area contributed by atoms with E-state index in [-0.39, 0.29) is 6.42 Å². The molecule has 5 atom stereocenters. The molecule has 0 saturated heterocycles. The Balaban J connectivity index is 5.35. The fourth-order valence-electron chi connectivity index (χ4n) is 2.18. The molecule has 0 heterocycles. The van der Waals surface area contributed by atoms with Crippen LogP contribution in [0.3, 0.4) is 0 Å². The first-order valence-electron chi connectivity index (χ1n) is 9.07. The summed E-state index contributed by atoms with van der Waals surface area (Å²) < 4.78 is 0. The number of aliphatic hydroxyl groups is 1. The van der Waals surface area contributed by atoms with Crippen LogP contribution in [-0.4, -0.2) is 75.3 Å². The minimum atomic E-state index is -1.34. The topological polar surface area (TPSA) is 208 Å². The van der Waals surface area contributed by atoms with Crippen LogP contribution in [0.25, 0.3) is 0 Å². The van der Waals surface area contributed by atoms with Gasteiger partial charge in [-0.2, -0.15) is 0 Å². The molecule has 0 aliphatic heterocycles. The zero-order valence-corrected chi connectivity index (χ0v) is 16.8. The van der Waals surface area contributed by atoms with E-state index >= 15 is 0 Å². The van der Waals surface area contributed by atoms with Crippen molar-refractivity contribution in [2.24, 2.45) is 11.7 Å². The van der Waals surface area contributed by atoms with E-state index in [0.29, 0.717) is 0 Å². The zero-order chi connectivity index (χ0) is 22.9. The third kappa shape index (κ3) is 9.34. The normalized spacial score (nSPS) is 16.1. The lowest BCUT2D eigenvalue weighted by atomic mass is 10.0. The number of carboxylic acids is 2. The van der Waals surface area contributed by atoms with Crippen LogP contribution >= 0.6 is 0 Å². The van der Waals surface area contributed by atoms with Crippen LogP contribution in [0.5, 0.6) is 0 Å². The van der Waals surface area contributed by atoms with E-state index in [1.165, 1.54) is 13.8 Å². The van der Waals surface area contributed by atoms with E-state index < -0.39 is 72.3 Å². The molecule has 0 fully saturated rings. The van der Waals surface area contributed by atoms with E-state index in [0.717, 1.165) is 0 Å². The van der Waals surface area contributed by atoms with Gasteiger partial charge in [0.2, 0.25) is 17.7 Å². The lowest BCUT2D eigenvalue weighted by Gasteiger charge is -2.26. The summed E-state index contributed by atoms with van der Waals surface area (Å²) in [5.41, 5.74) is 5.52. The molecule has 8 N–H and O–H groups in total. The Bertz CT molecular complexity index is 623. The second-order valence-electron chi connectivity index (χ2n) is 7.06. The maximum absolute atomic E-state index is 12.6. The number of carboxylic acid groups (broad SMARTS) is 2. The molecule has 0 bridgehead atoms. The first kappa shape index (κ1) is 26.3. The van der Waals surface area contributed by atoms with Gasteiger partial charge in [-0.25, -0.2) is 0 Å². The van der Waals surface area contributed by atoms with Gasteiger partial charge in [0.15, 0.2) is 0 Å². The third-order valence-corrected chi connectivity index (χ3v) is 4.08. The van der Waals surface area contributed by atoms with Crippen molar-refractivity contribution in [1.29, 1.82) is 0 Å². The van der Waals surface area contributed by atoms with Crippen LogP contribution in [-0.2, 0) is 24.0 Å². The molecule has 12 heteroatoms. The van der Waals surface area contributed by atoms with Crippen molar-refractivity contribution in [3.63, 3.8) is 0 Å². The van der Waals surface area contributed by atoms with Gasteiger partial charge in [0, 0.05) is 6.42 Å². The van der Waals surface area contributed by atoms with E-state index in [1.54, 1.807) is 13.8 Å². The Morgan fingerprint density at radius 1 is 0.862 bits per heavy atom. The maximum Gasteiger partial charge on any atom is 0.325 e. The highest BCUT2D eigenvalue weighted by atomic mass is 16.4. The van der Waals surface area contributed by atoms with E-state index in [4.69, 9.17) is 15.9 Å². The molecule has 0 saturated carbocycles. The van der Waals surface area contributed by atoms with Crippen LogP contribution < -0.4 is 21.7 Å². The summed E-state index contributed by atoms with van der Waals surface area (Å²) in [7, 11) is 0. The predicted molar refractivity (Wildman–Crippen MR) is 100 cm³/mol. The number of hydrogen-bond acceptors (Lipinski definition) is 7. The highest BCUT2D eigenvalue weighted by Crippen LogP contribution is 2.06. The number of rotatable bonds is 12. The van der Waals surface area contributed by atoms with Gasteiger partial charge in [0.05, 0.1) is 6.10 Å². The molecule has 0 aliphatic carbocycles. The van der Waals surface area contributed by atoms with Crippen LogP contribution in [0.2, 0.25) is 0 Å². The van der Waals surface area contributed by atoms with Crippen molar-refractivity contribution < 1.29 is 39.3 Å². The lowest BCUT2D eigenvalue weighted by Crippen LogP contribution is -2.59. The lowest BCUT2D eigenvalue weighted by molar-refractivity contribution is -0.142. The number of aliphatic carboxylic acids is 2. The number of nitrogens with one attached hydrogen (secondary N) is 3. The fraction of sp³-hybridized carbons (Fsp3) is 0.706. The van der Waals surface area contributed by atoms with Crippen molar-refractivity contribution >= 4 is 29.7 Å². The average molecular weight is 418 g/mol. The van der Waals surface area contributed by atoms with Crippen LogP contribution in [0.15, 0.2) is 0 Å². The highest BCUT2D eigenvalue weighted by molar-refractivity contribution is 5.94. The predicted octanol–water partition coefficient (Wildman–Crippen LogP) is -2.23. The molecular weight excluding hydrogens is 388 g/mol. The van der Waals surface area contributed by atoms with Gasteiger partial charge in [0.1, 0.15) is 24.2 Å². The molecule has 0 aromatic rings. The molecule has 166 valence electrons. The standard InChI is InChI=1S/C17H30N4O8/c1-7(2)13(16(27)19-8(3)17(28)29)21-14(25)10(5-6-11(23)24)20-15(26)12(18)9(4)22/h7-10,12-13,22H,5-6,18H2,1-4H3,(H,19,27)(H,20,26)(H,21,25)(H,23,24)(H,28,29). The van der Waals surface area contributed by atoms with Crippen LogP contribution in [0, 0.1) is 5.92 Å². The summed E-state index contributed by atoms with van der Waals surface area (Å²) in [6, 6.07) is -4.98. The summed E-state index contributed by atoms with van der Waals surface area (Å²) in [6.07, 6.45) is -1.93. The molecule has 0 aromatic carbocycles. The Hall–Kier alpha value is -2.73. The van der Waals surface area contributed by atoms with Crippen LogP contribution in [0.4, 0.5) is 0 Å². The van der Waals surface area contributed by atoms with Crippen molar-refractivity contribution in [1.82, 2.24) is 16.0 Å².